The maximum atomic E-state index is 5.62. The van der Waals surface area contributed by atoms with Gasteiger partial charge in [-0.05, 0) is 6.42 Å². The second kappa shape index (κ2) is 19.6. The summed E-state index contributed by atoms with van der Waals surface area (Å²) in [5.74, 6) is 0.753. The molecule has 0 aliphatic carbocycles. The summed E-state index contributed by atoms with van der Waals surface area (Å²) in [6, 6.07) is 0. The standard InChI is InChI=1S/C17H36O3S2/c1-2-3-4-5-6-7-8-9-10-17(22)20-14-13-18-11-12-19-15-16-21/h17,21-22H,2-16H2,1H3. The maximum Gasteiger partial charge on any atom is 0.100 e. The predicted octanol–water partition coefficient (Wildman–Crippen LogP) is 4.75. The fourth-order valence-corrected chi connectivity index (χ4v) is 2.58. The van der Waals surface area contributed by atoms with E-state index in [-0.39, 0.29) is 5.44 Å². The van der Waals surface area contributed by atoms with Gasteiger partial charge in [-0.2, -0.15) is 12.6 Å². The monoisotopic (exact) mass is 352 g/mol. The van der Waals surface area contributed by atoms with Crippen molar-refractivity contribution < 1.29 is 14.2 Å². The Morgan fingerprint density at radius 2 is 1.27 bits per heavy atom. The van der Waals surface area contributed by atoms with Gasteiger partial charge in [0.2, 0.25) is 0 Å². The molecule has 0 aromatic carbocycles. The summed E-state index contributed by atoms with van der Waals surface area (Å²) in [4.78, 5) is 0. The largest absolute Gasteiger partial charge is 0.378 e. The SMILES string of the molecule is CCCCCCCCCCC(S)OCCOCCOCCS. The number of hydrogen-bond donors (Lipinski definition) is 2. The Labute approximate surface area is 148 Å². The van der Waals surface area contributed by atoms with Crippen molar-refractivity contribution in [2.24, 2.45) is 0 Å². The van der Waals surface area contributed by atoms with Crippen LogP contribution in [0.5, 0.6) is 0 Å². The topological polar surface area (TPSA) is 27.7 Å². The van der Waals surface area contributed by atoms with Crippen LogP contribution in [0.3, 0.4) is 0 Å². The fourth-order valence-electron chi connectivity index (χ4n) is 2.17. The first kappa shape index (κ1) is 22.6. The van der Waals surface area contributed by atoms with Crippen LogP contribution in [0.2, 0.25) is 0 Å². The van der Waals surface area contributed by atoms with Crippen molar-refractivity contribution in [3.8, 4) is 0 Å². The van der Waals surface area contributed by atoms with E-state index < -0.39 is 0 Å². The van der Waals surface area contributed by atoms with Gasteiger partial charge < -0.3 is 14.2 Å². The molecule has 0 heterocycles. The van der Waals surface area contributed by atoms with E-state index in [0.717, 1.165) is 12.2 Å². The third-order valence-electron chi connectivity index (χ3n) is 3.45. The van der Waals surface area contributed by atoms with Crippen LogP contribution in [0.4, 0.5) is 0 Å². The van der Waals surface area contributed by atoms with Gasteiger partial charge in [-0.15, -0.1) is 12.6 Å². The van der Waals surface area contributed by atoms with E-state index in [1.807, 2.05) is 0 Å². The van der Waals surface area contributed by atoms with E-state index in [1.165, 1.54) is 51.4 Å². The van der Waals surface area contributed by atoms with E-state index in [9.17, 15) is 0 Å². The zero-order chi connectivity index (χ0) is 16.3. The minimum absolute atomic E-state index is 0.0455. The molecule has 0 amide bonds. The number of ether oxygens (including phenoxy) is 3. The maximum absolute atomic E-state index is 5.62. The predicted molar refractivity (Wildman–Crippen MR) is 101 cm³/mol. The van der Waals surface area contributed by atoms with Crippen molar-refractivity contribution >= 4 is 25.3 Å². The Balaban J connectivity index is 3.11. The molecule has 0 rings (SSSR count). The Hall–Kier alpha value is 0.580. The zero-order valence-electron chi connectivity index (χ0n) is 14.3. The molecule has 0 saturated heterocycles. The van der Waals surface area contributed by atoms with Crippen LogP contribution in [0, 0.1) is 0 Å². The smallest absolute Gasteiger partial charge is 0.100 e. The van der Waals surface area contributed by atoms with Crippen molar-refractivity contribution in [2.75, 3.05) is 38.8 Å². The molecule has 3 nitrogen and oxygen atoms in total. The third kappa shape index (κ3) is 18.6. The van der Waals surface area contributed by atoms with Gasteiger partial charge in [-0.25, -0.2) is 0 Å². The molecular weight excluding hydrogens is 316 g/mol. The molecule has 134 valence electrons. The summed E-state index contributed by atoms with van der Waals surface area (Å²) >= 11 is 8.53. The van der Waals surface area contributed by atoms with Gasteiger partial charge in [-0.3, -0.25) is 0 Å². The van der Waals surface area contributed by atoms with Crippen molar-refractivity contribution in [1.29, 1.82) is 0 Å². The fraction of sp³-hybridized carbons (Fsp3) is 1.00. The highest BCUT2D eigenvalue weighted by molar-refractivity contribution is 7.80. The Morgan fingerprint density at radius 1 is 0.727 bits per heavy atom. The van der Waals surface area contributed by atoms with Crippen LogP contribution < -0.4 is 0 Å². The molecule has 1 atom stereocenters. The van der Waals surface area contributed by atoms with Crippen LogP contribution in [0.25, 0.3) is 0 Å². The normalized spacial score (nSPS) is 12.7. The Kier molecular flexibility index (Phi) is 20.1. The van der Waals surface area contributed by atoms with Crippen LogP contribution in [0.15, 0.2) is 0 Å². The average Bonchev–Trinajstić information content (AvgIpc) is 2.52. The summed E-state index contributed by atoms with van der Waals surface area (Å²) in [6.45, 7) is 5.40. The highest BCUT2D eigenvalue weighted by atomic mass is 32.1. The molecule has 0 fully saturated rings. The number of unbranched alkanes of at least 4 members (excludes halogenated alkanes) is 7. The van der Waals surface area contributed by atoms with Gasteiger partial charge in [0.25, 0.3) is 0 Å². The van der Waals surface area contributed by atoms with E-state index in [2.05, 4.69) is 32.2 Å². The van der Waals surface area contributed by atoms with Crippen LogP contribution >= 0.6 is 25.3 Å². The number of thiol groups is 2. The summed E-state index contributed by atoms with van der Waals surface area (Å²) in [6.07, 6.45) is 11.8. The molecule has 0 N–H and O–H groups in total. The second-order valence-corrected chi connectivity index (χ2v) is 6.56. The molecular formula is C17H36O3S2. The lowest BCUT2D eigenvalue weighted by molar-refractivity contribution is 0.0103. The molecule has 0 aliphatic rings. The van der Waals surface area contributed by atoms with E-state index in [1.54, 1.807) is 0 Å². The molecule has 5 heteroatoms. The molecule has 0 spiro atoms. The molecule has 0 aromatic rings. The summed E-state index contributed by atoms with van der Waals surface area (Å²) in [5, 5.41) is 0. The second-order valence-electron chi connectivity index (χ2n) is 5.54. The molecule has 0 bridgehead atoms. The Bertz CT molecular complexity index is 186. The number of hydrogen-bond acceptors (Lipinski definition) is 5. The lowest BCUT2D eigenvalue weighted by atomic mass is 10.1. The zero-order valence-corrected chi connectivity index (χ0v) is 16.1. The van der Waals surface area contributed by atoms with Crippen molar-refractivity contribution in [3.63, 3.8) is 0 Å². The van der Waals surface area contributed by atoms with Gasteiger partial charge >= 0.3 is 0 Å². The van der Waals surface area contributed by atoms with Crippen molar-refractivity contribution in [1.82, 2.24) is 0 Å². The Morgan fingerprint density at radius 3 is 1.91 bits per heavy atom. The molecule has 0 radical (unpaired) electrons. The van der Waals surface area contributed by atoms with Crippen molar-refractivity contribution in [2.45, 2.75) is 70.1 Å². The number of rotatable bonds is 18. The highest BCUT2D eigenvalue weighted by Gasteiger charge is 2.02. The first-order chi connectivity index (χ1) is 10.8. The minimum atomic E-state index is 0.0455. The van der Waals surface area contributed by atoms with Crippen LogP contribution in [-0.2, 0) is 14.2 Å². The minimum Gasteiger partial charge on any atom is -0.378 e. The van der Waals surface area contributed by atoms with Crippen LogP contribution in [0.1, 0.15) is 64.7 Å². The van der Waals surface area contributed by atoms with E-state index >= 15 is 0 Å². The summed E-state index contributed by atoms with van der Waals surface area (Å²) < 4.78 is 16.3. The van der Waals surface area contributed by atoms with Gasteiger partial charge in [-0.1, -0.05) is 58.3 Å². The lowest BCUT2D eigenvalue weighted by Crippen LogP contribution is -2.13. The first-order valence-electron chi connectivity index (χ1n) is 8.87. The van der Waals surface area contributed by atoms with Crippen LogP contribution in [-0.4, -0.2) is 44.2 Å². The van der Waals surface area contributed by atoms with Gasteiger partial charge in [0.05, 0.1) is 33.0 Å². The van der Waals surface area contributed by atoms with E-state index in [0.29, 0.717) is 33.0 Å². The lowest BCUT2D eigenvalue weighted by Gasteiger charge is -2.12. The molecule has 0 saturated carbocycles. The molecule has 22 heavy (non-hydrogen) atoms. The molecule has 0 aliphatic heterocycles. The van der Waals surface area contributed by atoms with Gasteiger partial charge in [0.1, 0.15) is 5.44 Å². The van der Waals surface area contributed by atoms with E-state index in [4.69, 9.17) is 14.2 Å². The highest BCUT2D eigenvalue weighted by Crippen LogP contribution is 2.13. The summed E-state index contributed by atoms with van der Waals surface area (Å²) in [7, 11) is 0. The van der Waals surface area contributed by atoms with Crippen molar-refractivity contribution in [3.05, 3.63) is 0 Å². The molecule has 1 unspecified atom stereocenters. The quantitative estimate of drug-likeness (QED) is 0.212. The third-order valence-corrected chi connectivity index (χ3v) is 4.04. The molecule has 0 aromatic heterocycles. The van der Waals surface area contributed by atoms with Gasteiger partial charge in [0.15, 0.2) is 0 Å². The average molecular weight is 353 g/mol. The first-order valence-corrected chi connectivity index (χ1v) is 10.0. The van der Waals surface area contributed by atoms with Gasteiger partial charge in [0, 0.05) is 5.75 Å². The summed E-state index contributed by atoms with van der Waals surface area (Å²) in [5.41, 5.74) is 0.0455.